The minimum absolute atomic E-state index is 0.0460. The van der Waals surface area contributed by atoms with E-state index in [4.69, 9.17) is 4.74 Å². The number of hydrogen-bond acceptors (Lipinski definition) is 7. The molecule has 30 heavy (non-hydrogen) atoms. The van der Waals surface area contributed by atoms with Gasteiger partial charge in [0.2, 0.25) is 5.95 Å². The van der Waals surface area contributed by atoms with Crippen molar-refractivity contribution in [1.82, 2.24) is 14.9 Å². The molecule has 152 valence electrons. The molecule has 0 saturated carbocycles. The molecule has 0 bridgehead atoms. The van der Waals surface area contributed by atoms with Crippen LogP contribution in [0.2, 0.25) is 0 Å². The first kappa shape index (κ1) is 20.8. The summed E-state index contributed by atoms with van der Waals surface area (Å²) >= 11 is 0. The molecule has 0 aliphatic heterocycles. The van der Waals surface area contributed by atoms with Crippen molar-refractivity contribution >= 4 is 12.2 Å². The first-order chi connectivity index (χ1) is 14.6. The smallest absolute Gasteiger partial charge is 0.270 e. The minimum Gasteiger partial charge on any atom is -0.492 e. The lowest BCUT2D eigenvalue weighted by Gasteiger charge is -2.12. The third-order valence-electron chi connectivity index (χ3n) is 4.17. The summed E-state index contributed by atoms with van der Waals surface area (Å²) in [5.41, 5.74) is 3.90. The molecule has 2 aromatic carbocycles. The summed E-state index contributed by atoms with van der Waals surface area (Å²) in [5.74, 6) is 0.844. The molecule has 0 unspecified atom stereocenters. The molecule has 2 N–H and O–H groups in total. The first-order valence-corrected chi connectivity index (χ1v) is 9.34. The lowest BCUT2D eigenvalue weighted by molar-refractivity contribution is 0.261. The van der Waals surface area contributed by atoms with Gasteiger partial charge < -0.3 is 9.64 Å². The summed E-state index contributed by atoms with van der Waals surface area (Å²) in [6, 6.07) is 18.5. The molecule has 0 fully saturated rings. The van der Waals surface area contributed by atoms with Gasteiger partial charge in [-0.05, 0) is 26.2 Å². The number of hydrazone groups is 1. The van der Waals surface area contributed by atoms with E-state index in [1.807, 2.05) is 67.5 Å². The van der Waals surface area contributed by atoms with Crippen molar-refractivity contribution in [3.8, 4) is 23.1 Å². The van der Waals surface area contributed by atoms with Gasteiger partial charge in [-0.2, -0.15) is 10.4 Å². The van der Waals surface area contributed by atoms with Crippen LogP contribution in [0.5, 0.6) is 5.75 Å². The van der Waals surface area contributed by atoms with Crippen LogP contribution in [0, 0.1) is 11.3 Å². The van der Waals surface area contributed by atoms with Crippen LogP contribution in [0.4, 0.5) is 5.95 Å². The number of H-pyrrole nitrogens is 1. The number of nitrogens with one attached hydrogen (secondary N) is 2. The van der Waals surface area contributed by atoms with E-state index in [0.717, 1.165) is 12.1 Å². The molecule has 3 rings (SSSR count). The number of nitrogens with zero attached hydrogens (tertiary/aromatic N) is 4. The Hall–Kier alpha value is -3.96. The predicted octanol–water partition coefficient (Wildman–Crippen LogP) is 2.69. The van der Waals surface area contributed by atoms with E-state index in [1.54, 1.807) is 18.3 Å². The van der Waals surface area contributed by atoms with E-state index in [-0.39, 0.29) is 11.5 Å². The summed E-state index contributed by atoms with van der Waals surface area (Å²) in [6.45, 7) is 1.35. The Bertz CT molecular complexity index is 1120. The third-order valence-corrected chi connectivity index (χ3v) is 4.17. The number of rotatable bonds is 8. The Morgan fingerprint density at radius 3 is 2.67 bits per heavy atom. The van der Waals surface area contributed by atoms with Gasteiger partial charge in [0.1, 0.15) is 24.0 Å². The molecule has 0 atom stereocenters. The van der Waals surface area contributed by atoms with Gasteiger partial charge in [-0.25, -0.2) is 10.4 Å². The van der Waals surface area contributed by atoms with Crippen LogP contribution in [0.1, 0.15) is 11.1 Å². The number of nitriles is 1. The van der Waals surface area contributed by atoms with Gasteiger partial charge in [0.15, 0.2) is 0 Å². The zero-order chi connectivity index (χ0) is 21.3. The van der Waals surface area contributed by atoms with Gasteiger partial charge >= 0.3 is 0 Å². The number of benzene rings is 2. The second kappa shape index (κ2) is 10.0. The molecule has 0 saturated heterocycles. The number of hydrogen-bond donors (Lipinski definition) is 2. The molecule has 8 heteroatoms. The number of anilines is 1. The Labute approximate surface area is 174 Å². The standard InChI is InChI=1S/C22H22N6O2/c1-28(2)12-13-30-19-11-7-6-10-17(19)15-24-27-22-25-20(16-8-4-3-5-9-16)18(14-23)21(29)26-22/h3-11,15H,12-13H2,1-2H3,(H2,25,26,27,29). The summed E-state index contributed by atoms with van der Waals surface area (Å²) in [4.78, 5) is 21.2. The highest BCUT2D eigenvalue weighted by molar-refractivity contribution is 5.83. The second-order valence-electron chi connectivity index (χ2n) is 6.68. The molecule has 0 spiro atoms. The fourth-order valence-electron chi connectivity index (χ4n) is 2.65. The van der Waals surface area contributed by atoms with Crippen molar-refractivity contribution in [3.05, 3.63) is 76.1 Å². The minimum atomic E-state index is -0.531. The average Bonchev–Trinajstić information content (AvgIpc) is 2.75. The Balaban J connectivity index is 1.80. The van der Waals surface area contributed by atoms with Crippen LogP contribution < -0.4 is 15.7 Å². The summed E-state index contributed by atoms with van der Waals surface area (Å²) < 4.78 is 5.81. The van der Waals surface area contributed by atoms with Crippen molar-refractivity contribution in [1.29, 1.82) is 5.26 Å². The molecule has 0 aliphatic rings. The molecule has 8 nitrogen and oxygen atoms in total. The normalized spacial score (nSPS) is 10.9. The fraction of sp³-hybridized carbons (Fsp3) is 0.182. The summed E-state index contributed by atoms with van der Waals surface area (Å²) in [7, 11) is 3.96. The average molecular weight is 402 g/mol. The van der Waals surface area contributed by atoms with E-state index in [0.29, 0.717) is 23.6 Å². The van der Waals surface area contributed by atoms with Crippen molar-refractivity contribution in [3.63, 3.8) is 0 Å². The van der Waals surface area contributed by atoms with Crippen molar-refractivity contribution < 1.29 is 4.74 Å². The zero-order valence-electron chi connectivity index (χ0n) is 16.8. The molecule has 0 radical (unpaired) electrons. The van der Waals surface area contributed by atoms with Gasteiger partial charge in [-0.15, -0.1) is 0 Å². The van der Waals surface area contributed by atoms with Gasteiger partial charge in [-0.1, -0.05) is 42.5 Å². The SMILES string of the molecule is CN(C)CCOc1ccccc1C=NNc1nc(-c2ccccc2)c(C#N)c(=O)[nH]1. The van der Waals surface area contributed by atoms with Crippen molar-refractivity contribution in [2.75, 3.05) is 32.7 Å². The molecule has 0 aliphatic carbocycles. The van der Waals surface area contributed by atoms with Gasteiger partial charge in [-0.3, -0.25) is 9.78 Å². The van der Waals surface area contributed by atoms with E-state index < -0.39 is 5.56 Å². The van der Waals surface area contributed by atoms with Crippen molar-refractivity contribution in [2.24, 2.45) is 5.10 Å². The fourth-order valence-corrected chi connectivity index (χ4v) is 2.65. The Kier molecular flexibility index (Phi) is 6.92. The van der Waals surface area contributed by atoms with Gasteiger partial charge in [0.25, 0.3) is 5.56 Å². The highest BCUT2D eigenvalue weighted by Crippen LogP contribution is 2.19. The van der Waals surface area contributed by atoms with Crippen molar-refractivity contribution in [2.45, 2.75) is 0 Å². The molecular formula is C22H22N6O2. The number of aromatic nitrogens is 2. The summed E-state index contributed by atoms with van der Waals surface area (Å²) in [5, 5.41) is 13.5. The Morgan fingerprint density at radius 2 is 1.93 bits per heavy atom. The van der Waals surface area contributed by atoms with E-state index in [2.05, 4.69) is 20.5 Å². The van der Waals surface area contributed by atoms with E-state index >= 15 is 0 Å². The number of aromatic amines is 1. The van der Waals surface area contributed by atoms with Gasteiger partial charge in [0, 0.05) is 17.7 Å². The lowest BCUT2D eigenvalue weighted by Crippen LogP contribution is -2.19. The third kappa shape index (κ3) is 5.31. The van der Waals surface area contributed by atoms with E-state index in [9.17, 15) is 10.1 Å². The monoisotopic (exact) mass is 402 g/mol. The number of likely N-dealkylation sites (N-methyl/N-ethyl adjacent to an activating group) is 1. The number of ether oxygens (including phenoxy) is 1. The molecule has 3 aromatic rings. The maximum atomic E-state index is 12.3. The molecule has 1 heterocycles. The maximum absolute atomic E-state index is 12.3. The highest BCUT2D eigenvalue weighted by atomic mass is 16.5. The predicted molar refractivity (Wildman–Crippen MR) is 117 cm³/mol. The van der Waals surface area contributed by atoms with E-state index in [1.165, 1.54) is 0 Å². The highest BCUT2D eigenvalue weighted by Gasteiger charge is 2.12. The first-order valence-electron chi connectivity index (χ1n) is 9.34. The van der Waals surface area contributed by atoms with Crippen LogP contribution in [0.15, 0.2) is 64.5 Å². The Morgan fingerprint density at radius 1 is 1.20 bits per heavy atom. The lowest BCUT2D eigenvalue weighted by atomic mass is 10.1. The molecule has 0 amide bonds. The largest absolute Gasteiger partial charge is 0.492 e. The quantitative estimate of drug-likeness (QED) is 0.443. The second-order valence-corrected chi connectivity index (χ2v) is 6.68. The molecule has 1 aromatic heterocycles. The van der Waals surface area contributed by atoms with Crippen LogP contribution in [0.3, 0.4) is 0 Å². The zero-order valence-corrected chi connectivity index (χ0v) is 16.8. The van der Waals surface area contributed by atoms with Gasteiger partial charge in [0.05, 0.1) is 11.9 Å². The summed E-state index contributed by atoms with van der Waals surface area (Å²) in [6.07, 6.45) is 1.59. The van der Waals surface area contributed by atoms with Crippen LogP contribution >= 0.6 is 0 Å². The maximum Gasteiger partial charge on any atom is 0.270 e. The topological polar surface area (TPSA) is 106 Å². The van der Waals surface area contributed by atoms with Crippen LogP contribution in [-0.4, -0.2) is 48.3 Å². The van der Waals surface area contributed by atoms with Crippen LogP contribution in [0.25, 0.3) is 11.3 Å². The van der Waals surface area contributed by atoms with Crippen LogP contribution in [-0.2, 0) is 0 Å². The number of para-hydroxylation sites is 1. The molecular weight excluding hydrogens is 380 g/mol.